The van der Waals surface area contributed by atoms with Crippen LogP contribution in [0.25, 0.3) is 10.9 Å². The largest absolute Gasteiger partial charge is 0.511 e. The van der Waals surface area contributed by atoms with Crippen molar-refractivity contribution in [3.8, 4) is 5.75 Å². The summed E-state index contributed by atoms with van der Waals surface area (Å²) in [6, 6.07) is 16.3. The minimum Gasteiger partial charge on any atom is -0.511 e. The Bertz CT molecular complexity index is 1200. The lowest BCUT2D eigenvalue weighted by atomic mass is 9.89. The Morgan fingerprint density at radius 1 is 1.15 bits per heavy atom. The van der Waals surface area contributed by atoms with E-state index in [-0.39, 0.29) is 11.5 Å². The number of aliphatic hydroxyl groups is 1. The third-order valence-corrected chi connectivity index (χ3v) is 6.44. The first-order chi connectivity index (χ1) is 16.6. The number of carbonyl (C=O) groups excluding carboxylic acids is 1. The SMILES string of the molecule is CCCCC(O)=C1C(=O)CCCC1=NCCc1c(C)[nH]c2ccc(OCc3ccccc3)cc12. The molecule has 2 N–H and O–H groups in total. The highest BCUT2D eigenvalue weighted by Crippen LogP contribution is 2.28. The van der Waals surface area contributed by atoms with Gasteiger partial charge in [-0.15, -0.1) is 0 Å². The molecule has 0 unspecified atom stereocenters. The highest BCUT2D eigenvalue weighted by Gasteiger charge is 2.25. The molecule has 5 nitrogen and oxygen atoms in total. The summed E-state index contributed by atoms with van der Waals surface area (Å²) in [7, 11) is 0. The smallest absolute Gasteiger partial charge is 0.168 e. The second-order valence-electron chi connectivity index (χ2n) is 8.99. The third-order valence-electron chi connectivity index (χ3n) is 6.44. The second kappa shape index (κ2) is 11.2. The first kappa shape index (κ1) is 23.8. The second-order valence-corrected chi connectivity index (χ2v) is 8.99. The molecule has 1 heterocycles. The van der Waals surface area contributed by atoms with Crippen LogP contribution in [0, 0.1) is 6.92 Å². The van der Waals surface area contributed by atoms with Gasteiger partial charge >= 0.3 is 0 Å². The molecule has 0 aliphatic heterocycles. The van der Waals surface area contributed by atoms with E-state index in [0.29, 0.717) is 31.6 Å². The first-order valence-electron chi connectivity index (χ1n) is 12.3. The van der Waals surface area contributed by atoms with Gasteiger partial charge in [0, 0.05) is 41.7 Å². The lowest BCUT2D eigenvalue weighted by molar-refractivity contribution is -0.115. The molecule has 1 fully saturated rings. The van der Waals surface area contributed by atoms with E-state index in [2.05, 4.69) is 43.1 Å². The number of Topliss-reactive ketones (excluding diaryl/α,β-unsaturated/α-hetero) is 1. The Labute approximate surface area is 201 Å². The normalized spacial score (nSPS) is 16.9. The van der Waals surface area contributed by atoms with Crippen molar-refractivity contribution in [2.75, 3.05) is 6.54 Å². The van der Waals surface area contributed by atoms with Crippen LogP contribution in [0.3, 0.4) is 0 Å². The molecule has 1 aliphatic carbocycles. The summed E-state index contributed by atoms with van der Waals surface area (Å²) < 4.78 is 6.04. The van der Waals surface area contributed by atoms with E-state index in [1.807, 2.05) is 24.3 Å². The molecule has 0 atom stereocenters. The molecule has 0 amide bonds. The number of nitrogens with one attached hydrogen (secondary N) is 1. The fraction of sp³-hybridized carbons (Fsp3) is 0.379. The number of aromatic amines is 1. The monoisotopic (exact) mass is 458 g/mol. The number of aliphatic imine (C=N–C) groups is 1. The number of allylic oxidation sites excluding steroid dienone is 2. The van der Waals surface area contributed by atoms with Crippen LogP contribution in [-0.2, 0) is 17.8 Å². The first-order valence-corrected chi connectivity index (χ1v) is 12.3. The molecule has 2 aromatic carbocycles. The number of rotatable bonds is 9. The zero-order valence-corrected chi connectivity index (χ0v) is 20.2. The van der Waals surface area contributed by atoms with Crippen LogP contribution in [0.15, 0.2) is 64.9 Å². The number of nitrogens with zero attached hydrogens (tertiary/aromatic N) is 1. The number of fused-ring (bicyclic) bond motifs is 1. The summed E-state index contributed by atoms with van der Waals surface area (Å²) >= 11 is 0. The summed E-state index contributed by atoms with van der Waals surface area (Å²) in [5.41, 5.74) is 5.81. The number of benzene rings is 2. The summed E-state index contributed by atoms with van der Waals surface area (Å²) in [5.74, 6) is 1.09. The molecule has 0 bridgehead atoms. The zero-order valence-electron chi connectivity index (χ0n) is 20.2. The van der Waals surface area contributed by atoms with Gasteiger partial charge in [-0.1, -0.05) is 43.7 Å². The average molecular weight is 459 g/mol. The predicted octanol–water partition coefficient (Wildman–Crippen LogP) is 6.79. The summed E-state index contributed by atoms with van der Waals surface area (Å²) in [4.78, 5) is 20.8. The number of aromatic nitrogens is 1. The fourth-order valence-electron chi connectivity index (χ4n) is 4.60. The number of aliphatic hydroxyl groups excluding tert-OH is 1. The topological polar surface area (TPSA) is 74.7 Å². The lowest BCUT2D eigenvalue weighted by Gasteiger charge is -2.18. The van der Waals surface area contributed by atoms with Gasteiger partial charge in [-0.2, -0.15) is 0 Å². The molecule has 1 aromatic heterocycles. The number of aryl methyl sites for hydroxylation is 1. The number of hydrogen-bond acceptors (Lipinski definition) is 4. The minimum absolute atomic E-state index is 0.0297. The number of ketones is 1. The fourth-order valence-corrected chi connectivity index (χ4v) is 4.60. The van der Waals surface area contributed by atoms with E-state index in [9.17, 15) is 9.90 Å². The maximum absolute atomic E-state index is 12.5. The summed E-state index contributed by atoms with van der Waals surface area (Å²) in [6.07, 6.45) is 5.21. The van der Waals surface area contributed by atoms with Crippen LogP contribution < -0.4 is 4.74 Å². The van der Waals surface area contributed by atoms with Crippen molar-refractivity contribution in [3.05, 3.63) is 76.7 Å². The Balaban J connectivity index is 1.50. The van der Waals surface area contributed by atoms with E-state index >= 15 is 0 Å². The van der Waals surface area contributed by atoms with Crippen LogP contribution in [-0.4, -0.2) is 28.1 Å². The minimum atomic E-state index is 0.0297. The average Bonchev–Trinajstić information content (AvgIpc) is 3.16. The third kappa shape index (κ3) is 5.58. The maximum Gasteiger partial charge on any atom is 0.168 e. The van der Waals surface area contributed by atoms with Crippen LogP contribution >= 0.6 is 0 Å². The van der Waals surface area contributed by atoms with Crippen molar-refractivity contribution in [3.63, 3.8) is 0 Å². The number of carbonyl (C=O) groups is 1. The van der Waals surface area contributed by atoms with Gasteiger partial charge in [0.15, 0.2) is 5.78 Å². The molecule has 178 valence electrons. The number of hydrogen-bond donors (Lipinski definition) is 2. The molecule has 3 aromatic rings. The van der Waals surface area contributed by atoms with E-state index in [4.69, 9.17) is 9.73 Å². The lowest BCUT2D eigenvalue weighted by Crippen LogP contribution is -2.22. The van der Waals surface area contributed by atoms with Crippen LogP contribution in [0.2, 0.25) is 0 Å². The van der Waals surface area contributed by atoms with Crippen molar-refractivity contribution in [2.24, 2.45) is 4.99 Å². The van der Waals surface area contributed by atoms with Gasteiger partial charge in [0.25, 0.3) is 0 Å². The molecule has 0 spiro atoms. The van der Waals surface area contributed by atoms with Gasteiger partial charge in [0.05, 0.1) is 5.57 Å². The maximum atomic E-state index is 12.5. The quantitative estimate of drug-likeness (QED) is 0.274. The van der Waals surface area contributed by atoms with Crippen LogP contribution in [0.5, 0.6) is 5.75 Å². The Hall–Kier alpha value is -3.34. The Kier molecular flexibility index (Phi) is 7.84. The van der Waals surface area contributed by atoms with E-state index in [1.165, 1.54) is 5.56 Å². The molecule has 0 radical (unpaired) electrons. The molecular weight excluding hydrogens is 424 g/mol. The number of ether oxygens (including phenoxy) is 1. The molecule has 1 aliphatic rings. The van der Waals surface area contributed by atoms with Gasteiger partial charge in [0.1, 0.15) is 18.1 Å². The van der Waals surface area contributed by atoms with Crippen molar-refractivity contribution >= 4 is 22.4 Å². The highest BCUT2D eigenvalue weighted by atomic mass is 16.5. The van der Waals surface area contributed by atoms with E-state index in [1.54, 1.807) is 0 Å². The number of H-pyrrole nitrogens is 1. The van der Waals surface area contributed by atoms with Crippen LogP contribution in [0.4, 0.5) is 0 Å². The molecule has 1 saturated carbocycles. The van der Waals surface area contributed by atoms with E-state index in [0.717, 1.165) is 65.7 Å². The van der Waals surface area contributed by atoms with E-state index < -0.39 is 0 Å². The molecule has 4 rings (SSSR count). The molecular formula is C29H34N2O3. The van der Waals surface area contributed by atoms with Crippen LogP contribution in [0.1, 0.15) is 62.3 Å². The molecule has 5 heteroatoms. The molecule has 34 heavy (non-hydrogen) atoms. The van der Waals surface area contributed by atoms with Crippen molar-refractivity contribution in [2.45, 2.75) is 65.4 Å². The van der Waals surface area contributed by atoms with Gasteiger partial charge in [-0.25, -0.2) is 0 Å². The summed E-state index contributed by atoms with van der Waals surface area (Å²) in [6.45, 7) is 5.27. The van der Waals surface area contributed by atoms with Gasteiger partial charge in [0.2, 0.25) is 0 Å². The summed E-state index contributed by atoms with van der Waals surface area (Å²) in [5, 5.41) is 11.7. The van der Waals surface area contributed by atoms with Crippen molar-refractivity contribution in [1.29, 1.82) is 0 Å². The van der Waals surface area contributed by atoms with Gasteiger partial charge < -0.3 is 14.8 Å². The van der Waals surface area contributed by atoms with Gasteiger partial charge in [-0.05, 0) is 61.9 Å². The highest BCUT2D eigenvalue weighted by molar-refractivity contribution is 6.24. The number of unbranched alkanes of at least 4 members (excludes halogenated alkanes) is 1. The molecule has 0 saturated heterocycles. The van der Waals surface area contributed by atoms with Crippen molar-refractivity contribution < 1.29 is 14.6 Å². The van der Waals surface area contributed by atoms with Crippen molar-refractivity contribution in [1.82, 2.24) is 4.98 Å². The Morgan fingerprint density at radius 3 is 2.76 bits per heavy atom. The predicted molar refractivity (Wildman–Crippen MR) is 138 cm³/mol. The van der Waals surface area contributed by atoms with Gasteiger partial charge in [-0.3, -0.25) is 9.79 Å². The zero-order chi connectivity index (χ0) is 23.9. The Morgan fingerprint density at radius 2 is 1.97 bits per heavy atom. The standard InChI is InChI=1S/C29H34N2O3/c1-3-4-12-27(32)29-26(11-8-13-28(29)33)30-17-16-23-20(2)31-25-15-14-22(18-24(23)25)34-19-21-9-6-5-7-10-21/h5-7,9-10,14-15,18,31-32H,3-4,8,11-13,16-17,19H2,1-2H3.